The summed E-state index contributed by atoms with van der Waals surface area (Å²) in [5.74, 6) is -0.263. The number of nitrogens with two attached hydrogens (primary N) is 1. The van der Waals surface area contributed by atoms with Crippen LogP contribution in [0.5, 0.6) is 0 Å². The number of halogens is 4. The Hall–Kier alpha value is -1.08. The fraction of sp³-hybridized carbons (Fsp3) is 0.462. The molecule has 1 rings (SSSR count). The molecule has 0 spiro atoms. The second-order valence-corrected chi connectivity index (χ2v) is 5.77. The maximum absolute atomic E-state index is 12.7. The number of nitrogens with one attached hydrogen (secondary N) is 1. The Morgan fingerprint density at radius 1 is 1.40 bits per heavy atom. The summed E-state index contributed by atoms with van der Waals surface area (Å²) >= 11 is 2.84. The molecule has 0 bridgehead atoms. The first kappa shape index (κ1) is 17.0. The minimum absolute atomic E-state index is 0.0738. The first-order valence-electron chi connectivity index (χ1n) is 6.04. The highest BCUT2D eigenvalue weighted by Crippen LogP contribution is 2.36. The summed E-state index contributed by atoms with van der Waals surface area (Å²) in [6.45, 7) is 3.82. The quantitative estimate of drug-likeness (QED) is 0.866. The predicted molar refractivity (Wildman–Crippen MR) is 75.2 cm³/mol. The molecule has 0 heterocycles. The zero-order chi connectivity index (χ0) is 15.5. The number of hydrogen-bond donors (Lipinski definition) is 2. The third kappa shape index (κ3) is 4.79. The first-order chi connectivity index (χ1) is 9.11. The maximum atomic E-state index is 12.7. The maximum Gasteiger partial charge on any atom is 0.417 e. The van der Waals surface area contributed by atoms with Crippen molar-refractivity contribution < 1.29 is 18.0 Å². The topological polar surface area (TPSA) is 55.1 Å². The lowest BCUT2D eigenvalue weighted by molar-refractivity contribution is -0.138. The number of rotatable bonds is 4. The van der Waals surface area contributed by atoms with Crippen LogP contribution >= 0.6 is 15.9 Å². The molecule has 1 aromatic rings. The van der Waals surface area contributed by atoms with E-state index in [0.29, 0.717) is 6.42 Å². The second-order valence-electron chi connectivity index (χ2n) is 4.92. The number of hydrogen-bond acceptors (Lipinski definition) is 2. The Labute approximate surface area is 123 Å². The van der Waals surface area contributed by atoms with Crippen LogP contribution in [-0.4, -0.2) is 11.9 Å². The van der Waals surface area contributed by atoms with E-state index in [-0.39, 0.29) is 16.1 Å². The average Bonchev–Trinajstić information content (AvgIpc) is 2.29. The van der Waals surface area contributed by atoms with Crippen LogP contribution in [0.4, 0.5) is 18.9 Å². The Morgan fingerprint density at radius 3 is 2.50 bits per heavy atom. The van der Waals surface area contributed by atoms with E-state index in [9.17, 15) is 18.0 Å². The van der Waals surface area contributed by atoms with Gasteiger partial charge in [0.25, 0.3) is 0 Å². The van der Waals surface area contributed by atoms with Gasteiger partial charge in [-0.1, -0.05) is 29.8 Å². The highest BCUT2D eigenvalue weighted by atomic mass is 79.9. The van der Waals surface area contributed by atoms with Crippen LogP contribution < -0.4 is 11.1 Å². The molecule has 1 atom stereocenters. The lowest BCUT2D eigenvalue weighted by Gasteiger charge is -2.15. The van der Waals surface area contributed by atoms with E-state index in [4.69, 9.17) is 5.73 Å². The van der Waals surface area contributed by atoms with Crippen LogP contribution in [0.1, 0.15) is 25.8 Å². The number of anilines is 1. The molecule has 1 amide bonds. The molecule has 0 aliphatic heterocycles. The standard InChI is InChI=1S/C13H16BrF3N2O/c1-7(2)5-11(18)12(20)19-8-3-4-10(14)9(6-8)13(15,16)17/h3-4,6-7,11H,5,18H2,1-2H3,(H,19,20). The molecule has 0 saturated heterocycles. The molecular weight excluding hydrogens is 337 g/mol. The van der Waals surface area contributed by atoms with Gasteiger partial charge in [0, 0.05) is 10.2 Å². The van der Waals surface area contributed by atoms with Crippen LogP contribution in [-0.2, 0) is 11.0 Å². The van der Waals surface area contributed by atoms with Crippen LogP contribution in [0.15, 0.2) is 22.7 Å². The molecule has 7 heteroatoms. The molecule has 0 aliphatic carbocycles. The summed E-state index contributed by atoms with van der Waals surface area (Å²) in [6.07, 6.45) is -4.02. The van der Waals surface area contributed by atoms with E-state index in [2.05, 4.69) is 21.2 Å². The molecule has 1 unspecified atom stereocenters. The van der Waals surface area contributed by atoms with E-state index in [1.54, 1.807) is 0 Å². The first-order valence-corrected chi connectivity index (χ1v) is 6.83. The van der Waals surface area contributed by atoms with Crippen molar-refractivity contribution in [1.82, 2.24) is 0 Å². The van der Waals surface area contributed by atoms with Crippen molar-refractivity contribution in [2.24, 2.45) is 11.7 Å². The second kappa shape index (κ2) is 6.58. The highest BCUT2D eigenvalue weighted by molar-refractivity contribution is 9.10. The summed E-state index contributed by atoms with van der Waals surface area (Å²) in [5.41, 5.74) is 4.91. The van der Waals surface area contributed by atoms with Gasteiger partial charge in [-0.15, -0.1) is 0 Å². The van der Waals surface area contributed by atoms with Crippen molar-refractivity contribution in [3.63, 3.8) is 0 Å². The lowest BCUT2D eigenvalue weighted by atomic mass is 10.0. The number of carbonyl (C=O) groups is 1. The van der Waals surface area contributed by atoms with Gasteiger partial charge < -0.3 is 11.1 Å². The van der Waals surface area contributed by atoms with Crippen molar-refractivity contribution >= 4 is 27.5 Å². The third-order valence-corrected chi connectivity index (χ3v) is 3.29. The number of amides is 1. The number of alkyl halides is 3. The molecule has 112 valence electrons. The van der Waals surface area contributed by atoms with Gasteiger partial charge in [-0.05, 0) is 30.5 Å². The van der Waals surface area contributed by atoms with E-state index >= 15 is 0 Å². The molecule has 0 radical (unpaired) electrons. The van der Waals surface area contributed by atoms with E-state index in [1.807, 2.05) is 13.8 Å². The Bertz CT molecular complexity index is 489. The monoisotopic (exact) mass is 352 g/mol. The summed E-state index contributed by atoms with van der Waals surface area (Å²) in [7, 11) is 0. The number of benzene rings is 1. The Kier molecular flexibility index (Phi) is 5.59. The fourth-order valence-electron chi connectivity index (χ4n) is 1.67. The molecule has 0 fully saturated rings. The molecule has 0 aliphatic rings. The van der Waals surface area contributed by atoms with Gasteiger partial charge in [0.05, 0.1) is 11.6 Å². The molecule has 0 aromatic heterocycles. The van der Waals surface area contributed by atoms with Gasteiger partial charge in [-0.2, -0.15) is 13.2 Å². The normalized spacial score (nSPS) is 13.4. The molecule has 20 heavy (non-hydrogen) atoms. The molecular formula is C13H16BrF3N2O. The van der Waals surface area contributed by atoms with Gasteiger partial charge in [0.15, 0.2) is 0 Å². The number of carbonyl (C=O) groups excluding carboxylic acids is 1. The van der Waals surface area contributed by atoms with Crippen LogP contribution in [0.2, 0.25) is 0 Å². The predicted octanol–water partition coefficient (Wildman–Crippen LogP) is 3.78. The summed E-state index contributed by atoms with van der Waals surface area (Å²) in [5, 5.41) is 2.40. The van der Waals surface area contributed by atoms with Crippen molar-refractivity contribution in [1.29, 1.82) is 0 Å². The van der Waals surface area contributed by atoms with Crippen LogP contribution in [0.25, 0.3) is 0 Å². The molecule has 0 saturated carbocycles. The van der Waals surface area contributed by atoms with Crippen LogP contribution in [0.3, 0.4) is 0 Å². The SMILES string of the molecule is CC(C)CC(N)C(=O)Nc1ccc(Br)c(C(F)(F)F)c1. The Balaban J connectivity index is 2.86. The third-order valence-electron chi connectivity index (χ3n) is 2.60. The zero-order valence-corrected chi connectivity index (χ0v) is 12.7. The van der Waals surface area contributed by atoms with Gasteiger partial charge in [-0.25, -0.2) is 0 Å². The highest BCUT2D eigenvalue weighted by Gasteiger charge is 2.33. The van der Waals surface area contributed by atoms with Gasteiger partial charge >= 0.3 is 6.18 Å². The van der Waals surface area contributed by atoms with E-state index in [0.717, 1.165) is 6.07 Å². The van der Waals surface area contributed by atoms with Crippen molar-refractivity contribution in [3.05, 3.63) is 28.2 Å². The summed E-state index contributed by atoms with van der Waals surface area (Å²) in [4.78, 5) is 11.8. The Morgan fingerprint density at radius 2 is 2.00 bits per heavy atom. The largest absolute Gasteiger partial charge is 0.417 e. The van der Waals surface area contributed by atoms with Gasteiger partial charge in [0.1, 0.15) is 0 Å². The summed E-state index contributed by atoms with van der Waals surface area (Å²) < 4.78 is 38.1. The van der Waals surface area contributed by atoms with Gasteiger partial charge in [0.2, 0.25) is 5.91 Å². The van der Waals surface area contributed by atoms with Crippen molar-refractivity contribution in [2.45, 2.75) is 32.5 Å². The van der Waals surface area contributed by atoms with E-state index < -0.39 is 23.7 Å². The lowest BCUT2D eigenvalue weighted by Crippen LogP contribution is -2.36. The van der Waals surface area contributed by atoms with Crippen LogP contribution in [0, 0.1) is 5.92 Å². The molecule has 1 aromatic carbocycles. The van der Waals surface area contributed by atoms with Gasteiger partial charge in [-0.3, -0.25) is 4.79 Å². The van der Waals surface area contributed by atoms with E-state index in [1.165, 1.54) is 12.1 Å². The van der Waals surface area contributed by atoms with Crippen molar-refractivity contribution in [3.8, 4) is 0 Å². The molecule has 3 N–H and O–H groups in total. The van der Waals surface area contributed by atoms with Crippen molar-refractivity contribution in [2.75, 3.05) is 5.32 Å². The minimum Gasteiger partial charge on any atom is -0.325 e. The summed E-state index contributed by atoms with van der Waals surface area (Å²) in [6, 6.07) is 2.77. The smallest absolute Gasteiger partial charge is 0.325 e. The minimum atomic E-state index is -4.49. The fourth-order valence-corrected chi connectivity index (χ4v) is 2.14. The average molecular weight is 353 g/mol. The molecule has 3 nitrogen and oxygen atoms in total. The zero-order valence-electron chi connectivity index (χ0n) is 11.1.